The van der Waals surface area contributed by atoms with E-state index in [1.54, 1.807) is 0 Å². The van der Waals surface area contributed by atoms with E-state index < -0.39 is 17.5 Å². The SMILES string of the molecule is Fc1cc(C(Br)c2ccc(Br)s2)cc(F)c1F. The number of halogens is 5. The maximum atomic E-state index is 13.1. The van der Waals surface area contributed by atoms with E-state index in [-0.39, 0.29) is 4.83 Å². The molecule has 0 aliphatic heterocycles. The van der Waals surface area contributed by atoms with Crippen LogP contribution in [-0.2, 0) is 0 Å². The fourth-order valence-corrected chi connectivity index (χ4v) is 3.48. The summed E-state index contributed by atoms with van der Waals surface area (Å²) >= 11 is 8.07. The first-order valence-electron chi connectivity index (χ1n) is 4.53. The van der Waals surface area contributed by atoms with Gasteiger partial charge in [0.1, 0.15) is 0 Å². The largest absolute Gasteiger partial charge is 0.204 e. The third kappa shape index (κ3) is 2.74. The molecule has 0 aliphatic rings. The molecule has 0 spiro atoms. The second-order valence-electron chi connectivity index (χ2n) is 3.30. The van der Waals surface area contributed by atoms with Crippen LogP contribution in [0.4, 0.5) is 13.2 Å². The third-order valence-corrected chi connectivity index (χ3v) is 5.16. The zero-order valence-electron chi connectivity index (χ0n) is 8.18. The normalized spacial score (nSPS) is 12.8. The fourth-order valence-electron chi connectivity index (χ4n) is 1.35. The van der Waals surface area contributed by atoms with Crippen molar-refractivity contribution in [3.05, 3.63) is 55.9 Å². The van der Waals surface area contributed by atoms with Crippen molar-refractivity contribution in [1.29, 1.82) is 0 Å². The van der Waals surface area contributed by atoms with Gasteiger partial charge in [-0.3, -0.25) is 0 Å². The van der Waals surface area contributed by atoms with E-state index in [0.29, 0.717) is 5.56 Å². The van der Waals surface area contributed by atoms with Crippen molar-refractivity contribution >= 4 is 43.2 Å². The molecule has 0 fully saturated rings. The van der Waals surface area contributed by atoms with Crippen LogP contribution in [0.15, 0.2) is 28.1 Å². The van der Waals surface area contributed by atoms with Gasteiger partial charge in [-0.2, -0.15) is 0 Å². The van der Waals surface area contributed by atoms with Crippen LogP contribution < -0.4 is 0 Å². The summed E-state index contributed by atoms with van der Waals surface area (Å²) in [7, 11) is 0. The molecular weight excluding hydrogens is 381 g/mol. The molecule has 0 saturated heterocycles. The van der Waals surface area contributed by atoms with E-state index >= 15 is 0 Å². The molecule has 0 amide bonds. The highest BCUT2D eigenvalue weighted by Crippen LogP contribution is 2.37. The van der Waals surface area contributed by atoms with Crippen LogP contribution in [0.5, 0.6) is 0 Å². The summed E-state index contributed by atoms with van der Waals surface area (Å²) in [4.78, 5) is 0.519. The van der Waals surface area contributed by atoms with Gasteiger partial charge in [0, 0.05) is 4.88 Å². The second kappa shape index (κ2) is 5.12. The first-order valence-corrected chi connectivity index (χ1v) is 7.05. The Morgan fingerprint density at radius 1 is 1.06 bits per heavy atom. The van der Waals surface area contributed by atoms with Crippen LogP contribution in [-0.4, -0.2) is 0 Å². The molecule has 1 aromatic carbocycles. The molecule has 1 aromatic heterocycles. The molecule has 0 radical (unpaired) electrons. The second-order valence-corrected chi connectivity index (χ2v) is 6.71. The predicted molar refractivity (Wildman–Crippen MR) is 69.1 cm³/mol. The van der Waals surface area contributed by atoms with E-state index in [1.807, 2.05) is 12.1 Å². The average molecular weight is 386 g/mol. The molecule has 6 heteroatoms. The Bertz CT molecular complexity index is 530. The topological polar surface area (TPSA) is 0 Å². The Labute approximate surface area is 117 Å². The summed E-state index contributed by atoms with van der Waals surface area (Å²) in [5, 5.41) is 0. The van der Waals surface area contributed by atoms with Crippen LogP contribution in [0.3, 0.4) is 0 Å². The average Bonchev–Trinajstić information content (AvgIpc) is 2.71. The van der Waals surface area contributed by atoms with Gasteiger partial charge in [-0.25, -0.2) is 13.2 Å². The first-order chi connectivity index (χ1) is 7.99. The van der Waals surface area contributed by atoms with E-state index in [9.17, 15) is 13.2 Å². The molecule has 1 unspecified atom stereocenters. The molecule has 2 rings (SSSR count). The Hall–Kier alpha value is -0.330. The molecule has 0 N–H and O–H groups in total. The summed E-state index contributed by atoms with van der Waals surface area (Å²) < 4.78 is 39.9. The highest BCUT2D eigenvalue weighted by molar-refractivity contribution is 9.11. The quantitative estimate of drug-likeness (QED) is 0.478. The fraction of sp³-hybridized carbons (Fsp3) is 0.0909. The molecule has 0 saturated carbocycles. The maximum Gasteiger partial charge on any atom is 0.194 e. The van der Waals surface area contributed by atoms with Gasteiger partial charge in [0.2, 0.25) is 0 Å². The first kappa shape index (κ1) is 13.1. The van der Waals surface area contributed by atoms with E-state index in [0.717, 1.165) is 20.8 Å². The Morgan fingerprint density at radius 2 is 1.65 bits per heavy atom. The molecule has 1 atom stereocenters. The minimum Gasteiger partial charge on any atom is -0.204 e. The molecular formula is C11H5Br2F3S. The predicted octanol–water partition coefficient (Wildman–Crippen LogP) is 5.41. The Balaban J connectivity index is 2.41. The molecule has 1 heterocycles. The molecule has 0 nitrogen and oxygen atoms in total. The lowest BCUT2D eigenvalue weighted by Crippen LogP contribution is -1.97. The summed E-state index contributed by atoms with van der Waals surface area (Å²) in [6.07, 6.45) is 0. The Morgan fingerprint density at radius 3 is 2.12 bits per heavy atom. The monoisotopic (exact) mass is 384 g/mol. The number of rotatable bonds is 2. The van der Waals surface area contributed by atoms with Crippen molar-refractivity contribution in [2.75, 3.05) is 0 Å². The molecule has 2 aromatic rings. The Kier molecular flexibility index (Phi) is 3.95. The van der Waals surface area contributed by atoms with Gasteiger partial charge in [-0.1, -0.05) is 15.9 Å². The smallest absolute Gasteiger partial charge is 0.194 e. The van der Waals surface area contributed by atoms with Crippen LogP contribution in [0, 0.1) is 17.5 Å². The number of benzene rings is 1. The summed E-state index contributed by atoms with van der Waals surface area (Å²) in [5.41, 5.74) is 0.343. The van der Waals surface area contributed by atoms with Gasteiger partial charge < -0.3 is 0 Å². The molecule has 0 aliphatic carbocycles. The third-order valence-electron chi connectivity index (χ3n) is 2.14. The van der Waals surface area contributed by atoms with Crippen molar-refractivity contribution in [3.8, 4) is 0 Å². The number of alkyl halides is 1. The van der Waals surface area contributed by atoms with Gasteiger partial charge in [-0.05, 0) is 45.8 Å². The lowest BCUT2D eigenvalue weighted by Gasteiger charge is -2.08. The number of thiophene rings is 1. The van der Waals surface area contributed by atoms with Gasteiger partial charge >= 0.3 is 0 Å². The van der Waals surface area contributed by atoms with Crippen LogP contribution in [0.25, 0.3) is 0 Å². The van der Waals surface area contributed by atoms with E-state index in [4.69, 9.17) is 0 Å². The van der Waals surface area contributed by atoms with Gasteiger partial charge in [-0.15, -0.1) is 11.3 Å². The van der Waals surface area contributed by atoms with E-state index in [1.165, 1.54) is 11.3 Å². The summed E-state index contributed by atoms with van der Waals surface area (Å²) in [6, 6.07) is 5.65. The maximum absolute atomic E-state index is 13.1. The summed E-state index contributed by atoms with van der Waals surface area (Å²) in [6.45, 7) is 0. The zero-order chi connectivity index (χ0) is 12.6. The van der Waals surface area contributed by atoms with E-state index in [2.05, 4.69) is 31.9 Å². The summed E-state index contributed by atoms with van der Waals surface area (Å²) in [5.74, 6) is -3.80. The molecule has 90 valence electrons. The standard InChI is InChI=1S/C11H5Br2F3S/c12-9-2-1-8(17-9)10(13)5-3-6(14)11(16)7(15)4-5/h1-4,10H. The van der Waals surface area contributed by atoms with Crippen molar-refractivity contribution in [2.45, 2.75) is 4.83 Å². The number of hydrogen-bond acceptors (Lipinski definition) is 1. The number of hydrogen-bond donors (Lipinski definition) is 0. The van der Waals surface area contributed by atoms with Crippen molar-refractivity contribution in [3.63, 3.8) is 0 Å². The van der Waals surface area contributed by atoms with Gasteiger partial charge in [0.15, 0.2) is 17.5 Å². The molecule has 17 heavy (non-hydrogen) atoms. The highest BCUT2D eigenvalue weighted by atomic mass is 79.9. The van der Waals surface area contributed by atoms with Crippen molar-refractivity contribution < 1.29 is 13.2 Å². The zero-order valence-corrected chi connectivity index (χ0v) is 12.2. The van der Waals surface area contributed by atoms with Gasteiger partial charge in [0.25, 0.3) is 0 Å². The lowest BCUT2D eigenvalue weighted by atomic mass is 10.1. The molecule has 0 bridgehead atoms. The van der Waals surface area contributed by atoms with Crippen LogP contribution in [0.1, 0.15) is 15.3 Å². The lowest BCUT2D eigenvalue weighted by molar-refractivity contribution is 0.445. The van der Waals surface area contributed by atoms with Crippen LogP contribution >= 0.6 is 43.2 Å². The van der Waals surface area contributed by atoms with Gasteiger partial charge in [0.05, 0.1) is 8.61 Å². The van der Waals surface area contributed by atoms with Crippen LogP contribution in [0.2, 0.25) is 0 Å². The highest BCUT2D eigenvalue weighted by Gasteiger charge is 2.17. The van der Waals surface area contributed by atoms with Crippen molar-refractivity contribution in [2.24, 2.45) is 0 Å². The van der Waals surface area contributed by atoms with Crippen molar-refractivity contribution in [1.82, 2.24) is 0 Å². The minimum absolute atomic E-state index is 0.343. The minimum atomic E-state index is -1.44.